The van der Waals surface area contributed by atoms with Crippen molar-refractivity contribution < 1.29 is 15.0 Å². The molecule has 2 aromatic rings. The van der Waals surface area contributed by atoms with Gasteiger partial charge in [0, 0.05) is 19.1 Å². The van der Waals surface area contributed by atoms with Crippen LogP contribution in [0.15, 0.2) is 30.5 Å². The Bertz CT molecular complexity index is 664. The Kier molecular flexibility index (Phi) is 3.34. The SMILES string of the molecule is CC(c1cccc(O)c1)N1CC(n2cc(C(=O)O)nn2)C1. The molecule has 1 atom stereocenters. The molecule has 7 nitrogen and oxygen atoms in total. The van der Waals surface area contributed by atoms with Gasteiger partial charge in [-0.05, 0) is 24.6 Å². The van der Waals surface area contributed by atoms with Crippen molar-refractivity contribution in [3.8, 4) is 5.75 Å². The summed E-state index contributed by atoms with van der Waals surface area (Å²) in [4.78, 5) is 13.0. The molecular formula is C14H16N4O3. The molecule has 1 aromatic carbocycles. The molecule has 0 spiro atoms. The zero-order valence-corrected chi connectivity index (χ0v) is 11.5. The number of carboxylic acid groups (broad SMARTS) is 1. The summed E-state index contributed by atoms with van der Waals surface area (Å²) in [5.41, 5.74) is 1.02. The second-order valence-corrected chi connectivity index (χ2v) is 5.27. The van der Waals surface area contributed by atoms with E-state index in [1.54, 1.807) is 16.8 Å². The van der Waals surface area contributed by atoms with Crippen molar-refractivity contribution in [2.24, 2.45) is 0 Å². The van der Waals surface area contributed by atoms with Crippen LogP contribution in [0.3, 0.4) is 0 Å². The third-order valence-electron chi connectivity index (χ3n) is 3.89. The lowest BCUT2D eigenvalue weighted by Gasteiger charge is -2.43. The number of phenols is 1. The molecule has 0 aliphatic carbocycles. The van der Waals surface area contributed by atoms with Crippen LogP contribution < -0.4 is 0 Å². The predicted molar refractivity (Wildman–Crippen MR) is 74.1 cm³/mol. The molecule has 0 radical (unpaired) electrons. The van der Waals surface area contributed by atoms with E-state index in [1.807, 2.05) is 12.1 Å². The lowest BCUT2D eigenvalue weighted by Crippen LogP contribution is -2.48. The number of aromatic carboxylic acids is 1. The van der Waals surface area contributed by atoms with Crippen molar-refractivity contribution in [1.29, 1.82) is 0 Å². The van der Waals surface area contributed by atoms with Gasteiger partial charge in [0.15, 0.2) is 5.69 Å². The van der Waals surface area contributed by atoms with Gasteiger partial charge in [-0.1, -0.05) is 17.3 Å². The Labute approximate surface area is 121 Å². The predicted octanol–water partition coefficient (Wildman–Crippen LogP) is 1.30. The molecule has 1 fully saturated rings. The molecule has 2 N–H and O–H groups in total. The number of aromatic hydroxyl groups is 1. The second-order valence-electron chi connectivity index (χ2n) is 5.27. The summed E-state index contributed by atoms with van der Waals surface area (Å²) in [6, 6.07) is 7.56. The maximum atomic E-state index is 10.8. The fourth-order valence-electron chi connectivity index (χ4n) is 2.52. The minimum absolute atomic E-state index is 0.0329. The normalized spacial score (nSPS) is 17.4. The zero-order valence-electron chi connectivity index (χ0n) is 11.5. The average molecular weight is 288 g/mol. The molecule has 1 unspecified atom stereocenters. The van der Waals surface area contributed by atoms with Gasteiger partial charge in [-0.15, -0.1) is 5.10 Å². The first-order chi connectivity index (χ1) is 10.0. The van der Waals surface area contributed by atoms with Crippen molar-refractivity contribution in [3.05, 3.63) is 41.7 Å². The quantitative estimate of drug-likeness (QED) is 0.881. The molecule has 1 aromatic heterocycles. The molecular weight excluding hydrogens is 272 g/mol. The van der Waals surface area contributed by atoms with Crippen molar-refractivity contribution in [1.82, 2.24) is 19.9 Å². The van der Waals surface area contributed by atoms with Gasteiger partial charge in [-0.25, -0.2) is 9.48 Å². The molecule has 110 valence electrons. The molecule has 0 bridgehead atoms. The van der Waals surface area contributed by atoms with Gasteiger partial charge in [-0.3, -0.25) is 4.90 Å². The smallest absolute Gasteiger partial charge is 0.358 e. The third-order valence-corrected chi connectivity index (χ3v) is 3.89. The maximum Gasteiger partial charge on any atom is 0.358 e. The topological polar surface area (TPSA) is 91.5 Å². The number of phenolic OH excluding ortho intramolecular Hbond substituents is 1. The average Bonchev–Trinajstić information content (AvgIpc) is 2.86. The minimum atomic E-state index is -1.06. The molecule has 1 aliphatic rings. The molecule has 1 aliphatic heterocycles. The van der Waals surface area contributed by atoms with Crippen molar-refractivity contribution >= 4 is 5.97 Å². The first-order valence-corrected chi connectivity index (χ1v) is 6.72. The molecule has 1 saturated heterocycles. The van der Waals surface area contributed by atoms with E-state index >= 15 is 0 Å². The Morgan fingerprint density at radius 1 is 1.43 bits per heavy atom. The number of likely N-dealkylation sites (tertiary alicyclic amines) is 1. The van der Waals surface area contributed by atoms with Crippen LogP contribution in [0, 0.1) is 0 Å². The lowest BCUT2D eigenvalue weighted by atomic mass is 10.0. The Balaban J connectivity index is 1.63. The van der Waals surface area contributed by atoms with E-state index in [2.05, 4.69) is 22.1 Å². The van der Waals surface area contributed by atoms with Crippen LogP contribution in [0.25, 0.3) is 0 Å². The Hall–Kier alpha value is -2.41. The van der Waals surface area contributed by atoms with Crippen LogP contribution in [0.2, 0.25) is 0 Å². The number of carboxylic acids is 1. The highest BCUT2D eigenvalue weighted by Gasteiger charge is 2.33. The van der Waals surface area contributed by atoms with Gasteiger partial charge in [-0.2, -0.15) is 0 Å². The molecule has 0 amide bonds. The van der Waals surface area contributed by atoms with Crippen LogP contribution in [-0.2, 0) is 0 Å². The largest absolute Gasteiger partial charge is 0.508 e. The molecule has 7 heteroatoms. The van der Waals surface area contributed by atoms with Gasteiger partial charge in [0.05, 0.1) is 12.2 Å². The summed E-state index contributed by atoms with van der Waals surface area (Å²) < 4.78 is 1.61. The van der Waals surface area contributed by atoms with Gasteiger partial charge in [0.25, 0.3) is 0 Å². The van der Waals surface area contributed by atoms with Crippen molar-refractivity contribution in [2.45, 2.75) is 19.0 Å². The van der Waals surface area contributed by atoms with E-state index in [9.17, 15) is 9.90 Å². The summed E-state index contributed by atoms with van der Waals surface area (Å²) >= 11 is 0. The number of aromatic nitrogens is 3. The summed E-state index contributed by atoms with van der Waals surface area (Å²) in [5.74, 6) is -0.802. The molecule has 21 heavy (non-hydrogen) atoms. The maximum absolute atomic E-state index is 10.8. The summed E-state index contributed by atoms with van der Waals surface area (Å²) in [7, 11) is 0. The number of nitrogens with zero attached hydrogens (tertiary/aromatic N) is 4. The number of carbonyl (C=O) groups is 1. The van der Waals surface area contributed by atoms with Gasteiger partial charge in [0.2, 0.25) is 0 Å². The van der Waals surface area contributed by atoms with E-state index in [1.165, 1.54) is 6.20 Å². The minimum Gasteiger partial charge on any atom is -0.508 e. The standard InChI is InChI=1S/C14H16N4O3/c1-9(10-3-2-4-12(19)5-10)17-6-11(7-17)18-8-13(14(20)21)15-16-18/h2-5,8-9,11,19H,6-7H2,1H3,(H,20,21). The molecule has 3 rings (SSSR count). The van der Waals surface area contributed by atoms with Crippen LogP contribution in [-0.4, -0.2) is 49.2 Å². The van der Waals surface area contributed by atoms with Crippen LogP contribution in [0.5, 0.6) is 5.75 Å². The van der Waals surface area contributed by atoms with E-state index in [0.717, 1.165) is 18.7 Å². The summed E-state index contributed by atoms with van der Waals surface area (Å²) in [6.07, 6.45) is 1.46. The summed E-state index contributed by atoms with van der Waals surface area (Å²) in [6.45, 7) is 3.63. The van der Waals surface area contributed by atoms with Crippen LogP contribution in [0.1, 0.15) is 35.1 Å². The molecule has 2 heterocycles. The van der Waals surface area contributed by atoms with E-state index < -0.39 is 5.97 Å². The highest BCUT2D eigenvalue weighted by Crippen LogP contribution is 2.31. The first kappa shape index (κ1) is 13.6. The highest BCUT2D eigenvalue weighted by atomic mass is 16.4. The van der Waals surface area contributed by atoms with Crippen molar-refractivity contribution in [3.63, 3.8) is 0 Å². The first-order valence-electron chi connectivity index (χ1n) is 6.72. The molecule has 0 saturated carbocycles. The monoisotopic (exact) mass is 288 g/mol. The summed E-state index contributed by atoms with van der Waals surface area (Å²) in [5, 5.41) is 25.8. The number of benzene rings is 1. The van der Waals surface area contributed by atoms with E-state index in [4.69, 9.17) is 5.11 Å². The second kappa shape index (κ2) is 5.17. The van der Waals surface area contributed by atoms with E-state index in [0.29, 0.717) is 0 Å². The fraction of sp³-hybridized carbons (Fsp3) is 0.357. The third kappa shape index (κ3) is 2.59. The van der Waals surface area contributed by atoms with Gasteiger partial charge < -0.3 is 10.2 Å². The van der Waals surface area contributed by atoms with Crippen molar-refractivity contribution in [2.75, 3.05) is 13.1 Å². The van der Waals surface area contributed by atoms with Crippen LogP contribution >= 0.6 is 0 Å². The fourth-order valence-corrected chi connectivity index (χ4v) is 2.52. The van der Waals surface area contributed by atoms with Gasteiger partial charge in [0.1, 0.15) is 5.75 Å². The number of hydrogen-bond acceptors (Lipinski definition) is 5. The Morgan fingerprint density at radius 3 is 2.81 bits per heavy atom. The highest BCUT2D eigenvalue weighted by molar-refractivity contribution is 5.84. The Morgan fingerprint density at radius 2 is 2.19 bits per heavy atom. The number of hydrogen-bond donors (Lipinski definition) is 2. The number of rotatable bonds is 4. The zero-order chi connectivity index (χ0) is 15.0. The lowest BCUT2D eigenvalue weighted by molar-refractivity contribution is 0.0585. The van der Waals surface area contributed by atoms with Gasteiger partial charge >= 0.3 is 5.97 Å². The van der Waals surface area contributed by atoms with E-state index in [-0.39, 0.29) is 23.5 Å². The van der Waals surface area contributed by atoms with Crippen LogP contribution in [0.4, 0.5) is 0 Å².